The number of nitrogens with one attached hydrogen (secondary N) is 1. The number of thiophene rings is 2. The van der Waals surface area contributed by atoms with Crippen molar-refractivity contribution in [3.8, 4) is 0 Å². The molecule has 8 heteroatoms. The minimum absolute atomic E-state index is 0. The van der Waals surface area contributed by atoms with Gasteiger partial charge in [-0.15, -0.1) is 46.7 Å². The standard InChI is InChI=1S/C21H31N5S2.HI/c1-22-21(26-12-10-25(11-13-26)20-5-3-15-28-20)23-16-18-6-8-24(9-7-18)17-19-4-2-14-27-19;/h2-5,14-15,18H,6-13,16-17H2,1H3,(H,22,23);1H. The number of rotatable bonds is 5. The van der Waals surface area contributed by atoms with E-state index in [0.717, 1.165) is 51.1 Å². The predicted molar refractivity (Wildman–Crippen MR) is 137 cm³/mol. The molecule has 29 heavy (non-hydrogen) atoms. The normalized spacial score (nSPS) is 19.3. The Bertz CT molecular complexity index is 718. The molecule has 0 aromatic carbocycles. The van der Waals surface area contributed by atoms with E-state index in [1.54, 1.807) is 0 Å². The molecule has 0 atom stereocenters. The first-order valence-electron chi connectivity index (χ1n) is 10.3. The molecule has 0 unspecified atom stereocenters. The van der Waals surface area contributed by atoms with Gasteiger partial charge in [0, 0.05) is 51.2 Å². The summed E-state index contributed by atoms with van der Waals surface area (Å²) in [5.74, 6) is 1.83. The van der Waals surface area contributed by atoms with Crippen molar-refractivity contribution in [2.75, 3.05) is 57.8 Å². The van der Waals surface area contributed by atoms with E-state index in [1.807, 2.05) is 29.7 Å². The SMILES string of the molecule is CN=C(NCC1CCN(Cc2cccs2)CC1)N1CCN(c2cccs2)CC1.I. The number of piperidine rings is 1. The summed E-state index contributed by atoms with van der Waals surface area (Å²) < 4.78 is 0. The minimum atomic E-state index is 0. The molecule has 0 aliphatic carbocycles. The highest BCUT2D eigenvalue weighted by atomic mass is 127. The minimum Gasteiger partial charge on any atom is -0.360 e. The van der Waals surface area contributed by atoms with Crippen molar-refractivity contribution >= 4 is 57.6 Å². The van der Waals surface area contributed by atoms with E-state index >= 15 is 0 Å². The Balaban J connectivity index is 0.00000240. The van der Waals surface area contributed by atoms with Crippen molar-refractivity contribution in [3.63, 3.8) is 0 Å². The second kappa shape index (κ2) is 11.5. The molecule has 160 valence electrons. The van der Waals surface area contributed by atoms with Crippen LogP contribution in [0.25, 0.3) is 0 Å². The Kier molecular flexibility index (Phi) is 9.08. The molecule has 0 saturated carbocycles. The number of hydrogen-bond acceptors (Lipinski definition) is 5. The molecule has 2 aliphatic rings. The number of likely N-dealkylation sites (tertiary alicyclic amines) is 1. The molecule has 4 rings (SSSR count). The summed E-state index contributed by atoms with van der Waals surface area (Å²) in [6.07, 6.45) is 2.56. The monoisotopic (exact) mass is 545 g/mol. The smallest absolute Gasteiger partial charge is 0.193 e. The van der Waals surface area contributed by atoms with Crippen molar-refractivity contribution < 1.29 is 0 Å². The number of aliphatic imine (C=N–C) groups is 1. The molecule has 4 heterocycles. The van der Waals surface area contributed by atoms with Crippen LogP contribution in [0.15, 0.2) is 40.0 Å². The van der Waals surface area contributed by atoms with Gasteiger partial charge in [-0.05, 0) is 60.8 Å². The van der Waals surface area contributed by atoms with Gasteiger partial charge in [-0.2, -0.15) is 0 Å². The fraction of sp³-hybridized carbons (Fsp3) is 0.571. The second-order valence-corrected chi connectivity index (χ2v) is 9.61. The van der Waals surface area contributed by atoms with Gasteiger partial charge in [-0.25, -0.2) is 0 Å². The van der Waals surface area contributed by atoms with Crippen LogP contribution in [-0.4, -0.2) is 68.6 Å². The lowest BCUT2D eigenvalue weighted by atomic mass is 9.97. The molecule has 5 nitrogen and oxygen atoms in total. The second-order valence-electron chi connectivity index (χ2n) is 7.65. The average molecular weight is 546 g/mol. The lowest BCUT2D eigenvalue weighted by Gasteiger charge is -2.38. The summed E-state index contributed by atoms with van der Waals surface area (Å²) in [5, 5.41) is 9.39. The highest BCUT2D eigenvalue weighted by Gasteiger charge is 2.23. The van der Waals surface area contributed by atoms with Gasteiger partial charge in [-0.1, -0.05) is 6.07 Å². The third kappa shape index (κ3) is 6.32. The predicted octanol–water partition coefficient (Wildman–Crippen LogP) is 4.04. The summed E-state index contributed by atoms with van der Waals surface area (Å²) in [6.45, 7) is 8.81. The molecule has 0 bridgehead atoms. The maximum Gasteiger partial charge on any atom is 0.193 e. The Morgan fingerprint density at radius 1 is 1.03 bits per heavy atom. The fourth-order valence-corrected chi connectivity index (χ4v) is 5.66. The summed E-state index contributed by atoms with van der Waals surface area (Å²) in [6, 6.07) is 8.76. The third-order valence-electron chi connectivity index (χ3n) is 5.82. The molecule has 2 aromatic heterocycles. The number of guanidine groups is 1. The number of hydrogen-bond donors (Lipinski definition) is 1. The van der Waals surface area contributed by atoms with Crippen LogP contribution in [0, 0.1) is 5.92 Å². The Hall–Kier alpha value is -0.840. The van der Waals surface area contributed by atoms with E-state index in [9.17, 15) is 0 Å². The first-order valence-corrected chi connectivity index (χ1v) is 12.1. The fourth-order valence-electron chi connectivity index (χ4n) is 4.13. The maximum atomic E-state index is 4.56. The van der Waals surface area contributed by atoms with Gasteiger partial charge in [0.25, 0.3) is 0 Å². The zero-order valence-electron chi connectivity index (χ0n) is 17.1. The van der Waals surface area contributed by atoms with Gasteiger partial charge < -0.3 is 15.1 Å². The molecule has 0 amide bonds. The third-order valence-corrected chi connectivity index (χ3v) is 7.61. The average Bonchev–Trinajstić information content (AvgIpc) is 3.44. The highest BCUT2D eigenvalue weighted by molar-refractivity contribution is 14.0. The molecule has 0 radical (unpaired) electrons. The molecule has 2 fully saturated rings. The van der Waals surface area contributed by atoms with Crippen molar-refractivity contribution in [1.82, 2.24) is 15.1 Å². The van der Waals surface area contributed by atoms with Crippen LogP contribution in [-0.2, 0) is 6.54 Å². The molecule has 0 spiro atoms. The summed E-state index contributed by atoms with van der Waals surface area (Å²) >= 11 is 3.70. The van der Waals surface area contributed by atoms with Crippen LogP contribution in [0.4, 0.5) is 5.00 Å². The lowest BCUT2D eigenvalue weighted by molar-refractivity contribution is 0.178. The van der Waals surface area contributed by atoms with Gasteiger partial charge in [0.05, 0.1) is 5.00 Å². The summed E-state index contributed by atoms with van der Waals surface area (Å²) in [7, 11) is 1.91. The van der Waals surface area contributed by atoms with Gasteiger partial charge >= 0.3 is 0 Å². The molecule has 2 aliphatic heterocycles. The zero-order valence-corrected chi connectivity index (χ0v) is 21.1. The quantitative estimate of drug-likeness (QED) is 0.350. The summed E-state index contributed by atoms with van der Waals surface area (Å²) in [4.78, 5) is 13.5. The molecular formula is C21H32IN5S2. The molecule has 1 N–H and O–H groups in total. The maximum absolute atomic E-state index is 4.56. The van der Waals surface area contributed by atoms with Gasteiger partial charge in [-0.3, -0.25) is 9.89 Å². The first kappa shape index (κ1) is 22.8. The van der Waals surface area contributed by atoms with E-state index in [4.69, 9.17) is 0 Å². The van der Waals surface area contributed by atoms with Crippen LogP contribution in [0.1, 0.15) is 17.7 Å². The summed E-state index contributed by atoms with van der Waals surface area (Å²) in [5.41, 5.74) is 0. The van der Waals surface area contributed by atoms with Crippen LogP contribution in [0.2, 0.25) is 0 Å². The van der Waals surface area contributed by atoms with E-state index in [1.165, 1.54) is 35.8 Å². The Labute approximate surface area is 199 Å². The van der Waals surface area contributed by atoms with Gasteiger partial charge in [0.1, 0.15) is 0 Å². The van der Waals surface area contributed by atoms with Crippen molar-refractivity contribution in [1.29, 1.82) is 0 Å². The van der Waals surface area contributed by atoms with Crippen LogP contribution in [0.5, 0.6) is 0 Å². The Morgan fingerprint density at radius 3 is 2.38 bits per heavy atom. The van der Waals surface area contributed by atoms with Crippen LogP contribution in [0.3, 0.4) is 0 Å². The lowest BCUT2D eigenvalue weighted by Crippen LogP contribution is -2.53. The van der Waals surface area contributed by atoms with E-state index < -0.39 is 0 Å². The number of anilines is 1. The van der Waals surface area contributed by atoms with Gasteiger partial charge in [0.15, 0.2) is 5.96 Å². The van der Waals surface area contributed by atoms with Crippen molar-refractivity contribution in [2.24, 2.45) is 10.9 Å². The highest BCUT2D eigenvalue weighted by Crippen LogP contribution is 2.23. The van der Waals surface area contributed by atoms with Crippen molar-refractivity contribution in [2.45, 2.75) is 19.4 Å². The van der Waals surface area contributed by atoms with Crippen molar-refractivity contribution in [3.05, 3.63) is 39.9 Å². The Morgan fingerprint density at radius 2 is 1.76 bits per heavy atom. The van der Waals surface area contributed by atoms with Crippen LogP contribution < -0.4 is 10.2 Å². The molecule has 2 aromatic rings. The number of halogens is 1. The first-order chi connectivity index (χ1) is 13.8. The largest absolute Gasteiger partial charge is 0.360 e. The zero-order chi connectivity index (χ0) is 19.2. The van der Waals surface area contributed by atoms with Gasteiger partial charge in [0.2, 0.25) is 0 Å². The molecule has 2 saturated heterocycles. The van der Waals surface area contributed by atoms with E-state index in [2.05, 4.69) is 60.0 Å². The van der Waals surface area contributed by atoms with E-state index in [-0.39, 0.29) is 24.0 Å². The number of nitrogens with zero attached hydrogens (tertiary/aromatic N) is 4. The molecular weight excluding hydrogens is 513 g/mol. The topological polar surface area (TPSA) is 34.1 Å². The van der Waals surface area contributed by atoms with Crippen LogP contribution >= 0.6 is 46.7 Å². The number of piperazine rings is 1. The van der Waals surface area contributed by atoms with E-state index in [0.29, 0.717) is 0 Å².